The monoisotopic (exact) mass is 289 g/mol. The van der Waals surface area contributed by atoms with E-state index in [2.05, 4.69) is 30.9 Å². The Balaban J connectivity index is 1.42. The average Bonchev–Trinajstić information content (AvgIpc) is 3.16. The predicted octanol–water partition coefficient (Wildman–Crippen LogP) is 1.44. The Hall–Kier alpha value is -1.73. The van der Waals surface area contributed by atoms with Crippen LogP contribution in [-0.2, 0) is 24.4 Å². The molecule has 2 aliphatic heterocycles. The summed E-state index contributed by atoms with van der Waals surface area (Å²) >= 11 is 0. The molecule has 0 saturated carbocycles. The molecule has 0 amide bonds. The Morgan fingerprint density at radius 1 is 1.38 bits per heavy atom. The second-order valence-corrected chi connectivity index (χ2v) is 5.76. The third kappa shape index (κ3) is 2.58. The van der Waals surface area contributed by atoms with Crippen molar-refractivity contribution in [2.45, 2.75) is 45.5 Å². The number of hydrogen-bond donors (Lipinski definition) is 0. The first kappa shape index (κ1) is 13.0. The van der Waals surface area contributed by atoms with E-state index in [1.165, 1.54) is 5.69 Å². The minimum atomic E-state index is -0.00307. The number of fused-ring (bicyclic) bond motifs is 1. The van der Waals surface area contributed by atoms with Gasteiger partial charge in [-0.15, -0.1) is 0 Å². The van der Waals surface area contributed by atoms with E-state index in [4.69, 9.17) is 9.26 Å². The summed E-state index contributed by atoms with van der Waals surface area (Å²) in [5, 5.41) is 8.56. The summed E-state index contributed by atoms with van der Waals surface area (Å²) in [7, 11) is 0. The SMILES string of the molecule is Cc1cc2n(n1)CCN(Cc1noc([C@H]3CCCO3)n1)C2. The first-order chi connectivity index (χ1) is 10.3. The molecule has 0 radical (unpaired) electrons. The third-order valence-corrected chi connectivity index (χ3v) is 4.05. The van der Waals surface area contributed by atoms with Crippen LogP contribution in [0, 0.1) is 6.92 Å². The second kappa shape index (κ2) is 5.23. The molecule has 0 aliphatic carbocycles. The molecule has 4 heterocycles. The van der Waals surface area contributed by atoms with Gasteiger partial charge in [0, 0.05) is 19.7 Å². The number of ether oxygens (including phenoxy) is 1. The van der Waals surface area contributed by atoms with Crippen LogP contribution >= 0.6 is 0 Å². The minimum absolute atomic E-state index is 0.00307. The van der Waals surface area contributed by atoms with Gasteiger partial charge >= 0.3 is 0 Å². The number of aromatic nitrogens is 4. The molecule has 0 aromatic carbocycles. The van der Waals surface area contributed by atoms with Gasteiger partial charge in [-0.25, -0.2) is 0 Å². The quantitative estimate of drug-likeness (QED) is 0.851. The van der Waals surface area contributed by atoms with Crippen molar-refractivity contribution in [3.8, 4) is 0 Å². The van der Waals surface area contributed by atoms with E-state index in [-0.39, 0.29) is 6.10 Å². The molecule has 0 unspecified atom stereocenters. The smallest absolute Gasteiger partial charge is 0.255 e. The van der Waals surface area contributed by atoms with Crippen LogP contribution in [0.1, 0.15) is 42.0 Å². The average molecular weight is 289 g/mol. The van der Waals surface area contributed by atoms with Crippen LogP contribution < -0.4 is 0 Å². The zero-order valence-electron chi connectivity index (χ0n) is 12.2. The summed E-state index contributed by atoms with van der Waals surface area (Å²) in [5.41, 5.74) is 2.33. The van der Waals surface area contributed by atoms with Crippen molar-refractivity contribution < 1.29 is 9.26 Å². The minimum Gasteiger partial charge on any atom is -0.368 e. The molecule has 2 aliphatic rings. The number of hydrogen-bond acceptors (Lipinski definition) is 6. The van der Waals surface area contributed by atoms with E-state index in [0.29, 0.717) is 12.4 Å². The van der Waals surface area contributed by atoms with Crippen molar-refractivity contribution in [3.05, 3.63) is 29.2 Å². The highest BCUT2D eigenvalue weighted by molar-refractivity contribution is 5.10. The Morgan fingerprint density at radius 3 is 3.19 bits per heavy atom. The van der Waals surface area contributed by atoms with Gasteiger partial charge < -0.3 is 9.26 Å². The van der Waals surface area contributed by atoms with Crippen LogP contribution in [-0.4, -0.2) is 38.0 Å². The fourth-order valence-corrected chi connectivity index (χ4v) is 3.03. The fraction of sp³-hybridized carbons (Fsp3) is 0.643. The Morgan fingerprint density at radius 2 is 2.33 bits per heavy atom. The van der Waals surface area contributed by atoms with Gasteiger partial charge in [-0.05, 0) is 25.8 Å². The lowest BCUT2D eigenvalue weighted by Crippen LogP contribution is -2.33. The highest BCUT2D eigenvalue weighted by Crippen LogP contribution is 2.27. The molecule has 21 heavy (non-hydrogen) atoms. The molecular formula is C14H19N5O2. The van der Waals surface area contributed by atoms with Gasteiger partial charge in [0.2, 0.25) is 0 Å². The van der Waals surface area contributed by atoms with E-state index < -0.39 is 0 Å². The molecule has 4 rings (SSSR count). The van der Waals surface area contributed by atoms with Gasteiger partial charge in [0.1, 0.15) is 6.10 Å². The Bertz CT molecular complexity index is 629. The van der Waals surface area contributed by atoms with E-state index in [1.807, 2.05) is 6.92 Å². The molecule has 2 aromatic heterocycles. The summed E-state index contributed by atoms with van der Waals surface area (Å²) in [4.78, 5) is 6.80. The lowest BCUT2D eigenvalue weighted by atomic mass is 10.2. The van der Waals surface area contributed by atoms with Gasteiger partial charge in [-0.1, -0.05) is 5.16 Å². The van der Waals surface area contributed by atoms with Gasteiger partial charge in [-0.3, -0.25) is 9.58 Å². The molecule has 7 heteroatoms. The Kier molecular flexibility index (Phi) is 3.23. The van der Waals surface area contributed by atoms with E-state index in [0.717, 1.165) is 50.6 Å². The maximum Gasteiger partial charge on any atom is 0.255 e. The van der Waals surface area contributed by atoms with Crippen LogP contribution in [0.15, 0.2) is 10.6 Å². The standard InChI is InChI=1S/C14H19N5O2/c1-10-7-11-8-18(4-5-19(11)16-10)9-13-15-14(21-17-13)12-3-2-6-20-12/h7,12H,2-6,8-9H2,1H3/t12-/m1/s1. The lowest BCUT2D eigenvalue weighted by molar-refractivity contribution is 0.0835. The maximum atomic E-state index is 5.57. The van der Waals surface area contributed by atoms with Gasteiger partial charge in [-0.2, -0.15) is 10.1 Å². The normalized spacial score (nSPS) is 22.6. The molecule has 0 spiro atoms. The van der Waals surface area contributed by atoms with E-state index in [9.17, 15) is 0 Å². The zero-order chi connectivity index (χ0) is 14.2. The predicted molar refractivity (Wildman–Crippen MR) is 73.3 cm³/mol. The number of nitrogens with zero attached hydrogens (tertiary/aromatic N) is 5. The molecule has 1 saturated heterocycles. The molecular weight excluding hydrogens is 270 g/mol. The van der Waals surface area contributed by atoms with Crippen LogP contribution in [0.5, 0.6) is 0 Å². The fourth-order valence-electron chi connectivity index (χ4n) is 3.03. The summed E-state index contributed by atoms with van der Waals surface area (Å²) in [6.45, 7) is 6.28. The van der Waals surface area contributed by atoms with Crippen LogP contribution in [0.3, 0.4) is 0 Å². The number of rotatable bonds is 3. The molecule has 7 nitrogen and oxygen atoms in total. The molecule has 0 bridgehead atoms. The van der Waals surface area contributed by atoms with Crippen molar-refractivity contribution in [2.75, 3.05) is 13.2 Å². The largest absolute Gasteiger partial charge is 0.368 e. The van der Waals surface area contributed by atoms with Crippen molar-refractivity contribution in [2.24, 2.45) is 0 Å². The summed E-state index contributed by atoms with van der Waals surface area (Å²) < 4.78 is 13.0. The highest BCUT2D eigenvalue weighted by Gasteiger charge is 2.25. The first-order valence-electron chi connectivity index (χ1n) is 7.48. The van der Waals surface area contributed by atoms with Gasteiger partial charge in [0.05, 0.1) is 24.5 Å². The molecule has 1 fully saturated rings. The molecule has 0 N–H and O–H groups in total. The second-order valence-electron chi connectivity index (χ2n) is 5.76. The lowest BCUT2D eigenvalue weighted by Gasteiger charge is -2.26. The molecule has 112 valence electrons. The van der Waals surface area contributed by atoms with Crippen LogP contribution in [0.2, 0.25) is 0 Å². The Labute approximate surface area is 122 Å². The van der Waals surface area contributed by atoms with Gasteiger partial charge in [0.15, 0.2) is 5.82 Å². The van der Waals surface area contributed by atoms with Crippen molar-refractivity contribution in [3.63, 3.8) is 0 Å². The van der Waals surface area contributed by atoms with Crippen molar-refractivity contribution in [1.82, 2.24) is 24.8 Å². The topological polar surface area (TPSA) is 69.2 Å². The van der Waals surface area contributed by atoms with Crippen LogP contribution in [0.4, 0.5) is 0 Å². The van der Waals surface area contributed by atoms with Crippen LogP contribution in [0.25, 0.3) is 0 Å². The third-order valence-electron chi connectivity index (χ3n) is 4.05. The summed E-state index contributed by atoms with van der Waals surface area (Å²) in [6, 6.07) is 2.14. The van der Waals surface area contributed by atoms with Crippen molar-refractivity contribution >= 4 is 0 Å². The van der Waals surface area contributed by atoms with E-state index in [1.54, 1.807) is 0 Å². The molecule has 1 atom stereocenters. The van der Waals surface area contributed by atoms with Gasteiger partial charge in [0.25, 0.3) is 5.89 Å². The highest BCUT2D eigenvalue weighted by atomic mass is 16.5. The molecule has 2 aromatic rings. The maximum absolute atomic E-state index is 5.57. The van der Waals surface area contributed by atoms with E-state index >= 15 is 0 Å². The van der Waals surface area contributed by atoms with Crippen molar-refractivity contribution in [1.29, 1.82) is 0 Å². The number of aryl methyl sites for hydroxylation is 1. The summed E-state index contributed by atoms with van der Waals surface area (Å²) in [5.74, 6) is 1.37. The summed E-state index contributed by atoms with van der Waals surface area (Å²) in [6.07, 6.45) is 2.04. The zero-order valence-corrected chi connectivity index (χ0v) is 12.2. The first-order valence-corrected chi connectivity index (χ1v) is 7.48.